The number of nitrogens with one attached hydrogen (secondary N) is 1. The van der Waals surface area contributed by atoms with Crippen LogP contribution < -0.4 is 5.32 Å². The minimum atomic E-state index is 0.334. The Balaban J connectivity index is 1.53. The van der Waals surface area contributed by atoms with E-state index in [4.69, 9.17) is 4.74 Å². The zero-order chi connectivity index (χ0) is 10.5. The molecule has 1 aliphatic carbocycles. The van der Waals surface area contributed by atoms with Crippen molar-refractivity contribution in [3.05, 3.63) is 16.6 Å². The Labute approximate surface area is 94.9 Å². The molecule has 0 bridgehead atoms. The molecule has 0 saturated heterocycles. The lowest BCUT2D eigenvalue weighted by atomic mass is 10.2. The fourth-order valence-corrected chi connectivity index (χ4v) is 2.07. The second-order valence-electron chi connectivity index (χ2n) is 4.11. The van der Waals surface area contributed by atoms with Crippen molar-refractivity contribution in [3.8, 4) is 0 Å². The van der Waals surface area contributed by atoms with Crippen molar-refractivity contribution in [3.63, 3.8) is 0 Å². The molecule has 0 spiro atoms. The first-order chi connectivity index (χ1) is 7.36. The van der Waals surface area contributed by atoms with E-state index in [1.807, 2.05) is 5.51 Å². The highest BCUT2D eigenvalue weighted by atomic mass is 32.1. The second-order valence-corrected chi connectivity index (χ2v) is 4.83. The van der Waals surface area contributed by atoms with Crippen molar-refractivity contribution < 1.29 is 4.74 Å². The molecule has 3 nitrogen and oxygen atoms in total. The molecule has 4 heteroatoms. The Morgan fingerprint density at radius 3 is 3.20 bits per heavy atom. The molecule has 1 aliphatic rings. The fourth-order valence-electron chi connectivity index (χ4n) is 1.42. The van der Waals surface area contributed by atoms with E-state index in [1.165, 1.54) is 12.8 Å². The first-order valence-electron chi connectivity index (χ1n) is 5.55. The van der Waals surface area contributed by atoms with Crippen LogP contribution in [0.15, 0.2) is 10.9 Å². The third-order valence-corrected chi connectivity index (χ3v) is 3.25. The van der Waals surface area contributed by atoms with Gasteiger partial charge in [0.25, 0.3) is 0 Å². The van der Waals surface area contributed by atoms with Crippen LogP contribution in [-0.2, 0) is 4.74 Å². The average Bonchev–Trinajstić information content (AvgIpc) is 2.90. The summed E-state index contributed by atoms with van der Waals surface area (Å²) in [5.74, 6) is 0.862. The number of hydrogen-bond acceptors (Lipinski definition) is 4. The number of thiazole rings is 1. The summed E-state index contributed by atoms with van der Waals surface area (Å²) in [5.41, 5.74) is 3.00. The quantitative estimate of drug-likeness (QED) is 0.724. The highest BCUT2D eigenvalue weighted by molar-refractivity contribution is 7.07. The standard InChI is InChI=1S/C11H18N2OS/c1-9(11-7-15-8-13-11)12-4-5-14-6-10-2-3-10/h7-10,12H,2-6H2,1H3. The van der Waals surface area contributed by atoms with Crippen LogP contribution in [0.4, 0.5) is 0 Å². The molecule has 1 unspecified atom stereocenters. The molecule has 0 aromatic carbocycles. The van der Waals surface area contributed by atoms with Crippen molar-refractivity contribution in [2.24, 2.45) is 5.92 Å². The summed E-state index contributed by atoms with van der Waals surface area (Å²) < 4.78 is 5.55. The summed E-state index contributed by atoms with van der Waals surface area (Å²) in [6.45, 7) is 4.80. The fraction of sp³-hybridized carbons (Fsp3) is 0.727. The topological polar surface area (TPSA) is 34.1 Å². The van der Waals surface area contributed by atoms with E-state index in [0.717, 1.165) is 31.4 Å². The van der Waals surface area contributed by atoms with Crippen molar-refractivity contribution in [1.29, 1.82) is 0 Å². The van der Waals surface area contributed by atoms with E-state index in [9.17, 15) is 0 Å². The maximum Gasteiger partial charge on any atom is 0.0795 e. The summed E-state index contributed by atoms with van der Waals surface area (Å²) in [6, 6.07) is 0.334. The molecule has 15 heavy (non-hydrogen) atoms. The van der Waals surface area contributed by atoms with Crippen LogP contribution in [0.1, 0.15) is 31.5 Å². The number of rotatable bonds is 7. The van der Waals surface area contributed by atoms with E-state index in [2.05, 4.69) is 22.6 Å². The van der Waals surface area contributed by atoms with Crippen LogP contribution >= 0.6 is 11.3 Å². The minimum Gasteiger partial charge on any atom is -0.380 e. The zero-order valence-corrected chi connectivity index (χ0v) is 9.93. The van der Waals surface area contributed by atoms with Gasteiger partial charge < -0.3 is 10.1 Å². The molecule has 1 heterocycles. The van der Waals surface area contributed by atoms with Crippen LogP contribution in [0.25, 0.3) is 0 Å². The normalized spacial score (nSPS) is 17.9. The molecule has 1 saturated carbocycles. The summed E-state index contributed by atoms with van der Waals surface area (Å²) in [6.07, 6.45) is 2.73. The summed E-state index contributed by atoms with van der Waals surface area (Å²) >= 11 is 1.64. The van der Waals surface area contributed by atoms with Crippen LogP contribution in [-0.4, -0.2) is 24.7 Å². The van der Waals surface area contributed by atoms with Gasteiger partial charge in [0.2, 0.25) is 0 Å². The second kappa shape index (κ2) is 5.58. The lowest BCUT2D eigenvalue weighted by Gasteiger charge is -2.11. The SMILES string of the molecule is CC(NCCOCC1CC1)c1cscn1. The van der Waals surface area contributed by atoms with Crippen molar-refractivity contribution in [1.82, 2.24) is 10.3 Å². The predicted molar refractivity (Wildman–Crippen MR) is 62.1 cm³/mol. The average molecular weight is 226 g/mol. The zero-order valence-electron chi connectivity index (χ0n) is 9.11. The Hall–Kier alpha value is -0.450. The van der Waals surface area contributed by atoms with Gasteiger partial charge in [0.15, 0.2) is 0 Å². The van der Waals surface area contributed by atoms with Crippen LogP contribution in [0.5, 0.6) is 0 Å². The van der Waals surface area contributed by atoms with Gasteiger partial charge in [-0.3, -0.25) is 0 Å². The van der Waals surface area contributed by atoms with E-state index in [1.54, 1.807) is 11.3 Å². The highest BCUT2D eigenvalue weighted by Gasteiger charge is 2.20. The van der Waals surface area contributed by atoms with Crippen LogP contribution in [0.3, 0.4) is 0 Å². The molecule has 1 N–H and O–H groups in total. The van der Waals surface area contributed by atoms with Crippen LogP contribution in [0, 0.1) is 5.92 Å². The first-order valence-corrected chi connectivity index (χ1v) is 6.50. The third-order valence-electron chi connectivity index (χ3n) is 2.64. The van der Waals surface area contributed by atoms with Gasteiger partial charge in [-0.25, -0.2) is 4.98 Å². The van der Waals surface area contributed by atoms with Gasteiger partial charge in [-0.2, -0.15) is 0 Å². The van der Waals surface area contributed by atoms with Gasteiger partial charge in [0, 0.05) is 24.6 Å². The highest BCUT2D eigenvalue weighted by Crippen LogP contribution is 2.28. The summed E-state index contributed by atoms with van der Waals surface area (Å²) in [4.78, 5) is 4.27. The van der Waals surface area contributed by atoms with Gasteiger partial charge in [0.05, 0.1) is 17.8 Å². The van der Waals surface area contributed by atoms with E-state index < -0.39 is 0 Å². The summed E-state index contributed by atoms with van der Waals surface area (Å²) in [7, 11) is 0. The maximum absolute atomic E-state index is 5.55. The smallest absolute Gasteiger partial charge is 0.0795 e. The maximum atomic E-state index is 5.55. The molecule has 1 atom stereocenters. The van der Waals surface area contributed by atoms with Crippen LogP contribution in [0.2, 0.25) is 0 Å². The van der Waals surface area contributed by atoms with Gasteiger partial charge >= 0.3 is 0 Å². The Morgan fingerprint density at radius 1 is 1.67 bits per heavy atom. The van der Waals surface area contributed by atoms with Crippen molar-refractivity contribution in [2.45, 2.75) is 25.8 Å². The van der Waals surface area contributed by atoms with Gasteiger partial charge in [-0.1, -0.05) is 0 Å². The molecular weight excluding hydrogens is 208 g/mol. The number of aromatic nitrogens is 1. The van der Waals surface area contributed by atoms with E-state index in [-0.39, 0.29) is 0 Å². The summed E-state index contributed by atoms with van der Waals surface area (Å²) in [5, 5.41) is 5.48. The molecule has 0 aliphatic heterocycles. The number of hydrogen-bond donors (Lipinski definition) is 1. The number of nitrogens with zero attached hydrogens (tertiary/aromatic N) is 1. The number of ether oxygens (including phenoxy) is 1. The molecule has 0 amide bonds. The lowest BCUT2D eigenvalue weighted by molar-refractivity contribution is 0.124. The molecule has 0 radical (unpaired) electrons. The molecule has 1 aromatic heterocycles. The third kappa shape index (κ3) is 3.89. The molecule has 2 rings (SSSR count). The minimum absolute atomic E-state index is 0.334. The molecule has 1 aromatic rings. The lowest BCUT2D eigenvalue weighted by Crippen LogP contribution is -2.23. The Kier molecular flexibility index (Phi) is 4.11. The van der Waals surface area contributed by atoms with E-state index in [0.29, 0.717) is 6.04 Å². The first kappa shape index (κ1) is 11.0. The van der Waals surface area contributed by atoms with Gasteiger partial charge in [0.1, 0.15) is 0 Å². The van der Waals surface area contributed by atoms with E-state index >= 15 is 0 Å². The van der Waals surface area contributed by atoms with Crippen molar-refractivity contribution >= 4 is 11.3 Å². The molecular formula is C11H18N2OS. The Bertz CT molecular complexity index is 272. The Morgan fingerprint density at radius 2 is 2.53 bits per heavy atom. The monoisotopic (exact) mass is 226 g/mol. The van der Waals surface area contributed by atoms with Crippen molar-refractivity contribution in [2.75, 3.05) is 19.8 Å². The molecule has 84 valence electrons. The van der Waals surface area contributed by atoms with Gasteiger partial charge in [-0.05, 0) is 25.7 Å². The largest absolute Gasteiger partial charge is 0.380 e. The van der Waals surface area contributed by atoms with Gasteiger partial charge in [-0.15, -0.1) is 11.3 Å². The predicted octanol–water partition coefficient (Wildman–Crippen LogP) is 2.22. The molecule has 1 fully saturated rings.